The monoisotopic (exact) mass is 1090 g/mol. The number of aliphatic hydroxyl groups excluding tert-OH is 5. The Labute approximate surface area is 477 Å². The lowest BCUT2D eigenvalue weighted by atomic mass is 9.99. The number of amides is 1. The number of hydrogen-bond acceptors (Lipinski definition) is 8. The van der Waals surface area contributed by atoms with Crippen molar-refractivity contribution in [3.05, 3.63) is 24.3 Å². The third-order valence-corrected chi connectivity index (χ3v) is 16.5. The van der Waals surface area contributed by atoms with Gasteiger partial charge in [-0.15, -0.1) is 0 Å². The predicted molar refractivity (Wildman–Crippen MR) is 327 cm³/mol. The Morgan fingerprint density at radius 2 is 0.727 bits per heavy atom. The molecule has 0 aromatic carbocycles. The van der Waals surface area contributed by atoms with E-state index in [1.807, 2.05) is 6.08 Å². The van der Waals surface area contributed by atoms with Gasteiger partial charge in [0.05, 0.1) is 25.4 Å². The van der Waals surface area contributed by atoms with Crippen LogP contribution in [0.25, 0.3) is 0 Å². The highest BCUT2D eigenvalue weighted by molar-refractivity contribution is 5.76. The van der Waals surface area contributed by atoms with Crippen molar-refractivity contribution in [2.75, 3.05) is 13.2 Å². The lowest BCUT2D eigenvalue weighted by molar-refractivity contribution is -0.302. The number of carbonyl (C=O) groups is 1. The average Bonchev–Trinajstić information content (AvgIpc) is 3.43. The Morgan fingerprint density at radius 3 is 1.05 bits per heavy atom. The van der Waals surface area contributed by atoms with Crippen molar-refractivity contribution >= 4 is 5.91 Å². The highest BCUT2D eigenvalue weighted by atomic mass is 16.7. The minimum atomic E-state index is -1.57. The van der Waals surface area contributed by atoms with E-state index in [0.717, 1.165) is 38.5 Å². The molecule has 0 aromatic heterocycles. The van der Waals surface area contributed by atoms with Gasteiger partial charge in [-0.3, -0.25) is 4.79 Å². The largest absolute Gasteiger partial charge is 0.394 e. The Hall–Kier alpha value is -1.33. The summed E-state index contributed by atoms with van der Waals surface area (Å²) in [6.45, 7) is 3.84. The molecule has 0 saturated carbocycles. The van der Waals surface area contributed by atoms with Crippen LogP contribution in [0.1, 0.15) is 348 Å². The molecule has 1 aliphatic heterocycles. The second kappa shape index (κ2) is 57.9. The van der Waals surface area contributed by atoms with Crippen molar-refractivity contribution in [3.8, 4) is 0 Å². The second-order valence-electron chi connectivity index (χ2n) is 24.0. The van der Waals surface area contributed by atoms with Crippen LogP contribution in [0.15, 0.2) is 24.3 Å². The molecule has 6 N–H and O–H groups in total. The van der Waals surface area contributed by atoms with Gasteiger partial charge in [-0.1, -0.05) is 321 Å². The number of aliphatic hydroxyl groups is 5. The van der Waals surface area contributed by atoms with Gasteiger partial charge in [0.1, 0.15) is 24.4 Å². The number of allylic oxidation sites excluding steroid dienone is 3. The maximum Gasteiger partial charge on any atom is 0.220 e. The SMILES string of the molecule is CCCCCCCCCCCCCC/C=C\CCCCCCCCCCCCCCCCC(=O)NC(COC1OC(CO)C(O)C(O)C1O)C(O)/C=C/CCCCCCCCCCCCCCCCCCCCCCCC. The number of unbranched alkanes of at least 4 members (excludes halogenated alkanes) is 48. The minimum Gasteiger partial charge on any atom is -0.394 e. The zero-order chi connectivity index (χ0) is 55.8. The fourth-order valence-corrected chi connectivity index (χ4v) is 11.2. The number of nitrogens with one attached hydrogen (secondary N) is 1. The summed E-state index contributed by atoms with van der Waals surface area (Å²) in [7, 11) is 0. The normalized spacial score (nSPS) is 18.8. The lowest BCUT2D eigenvalue weighted by Crippen LogP contribution is -2.60. The number of rotatable bonds is 60. The van der Waals surface area contributed by atoms with Gasteiger partial charge in [-0.25, -0.2) is 0 Å². The van der Waals surface area contributed by atoms with E-state index in [0.29, 0.717) is 6.42 Å². The zero-order valence-electron chi connectivity index (χ0n) is 51.0. The van der Waals surface area contributed by atoms with E-state index in [1.54, 1.807) is 6.08 Å². The molecule has 0 spiro atoms. The first-order chi connectivity index (χ1) is 37.8. The summed E-state index contributed by atoms with van der Waals surface area (Å²) in [6.07, 6.45) is 68.5. The van der Waals surface area contributed by atoms with E-state index in [1.165, 1.54) is 289 Å². The van der Waals surface area contributed by atoms with Gasteiger partial charge in [0.25, 0.3) is 0 Å². The summed E-state index contributed by atoms with van der Waals surface area (Å²) in [6, 6.07) is -0.804. The molecular formula is C68H131NO8. The van der Waals surface area contributed by atoms with Gasteiger partial charge < -0.3 is 40.3 Å². The summed E-state index contributed by atoms with van der Waals surface area (Å²) >= 11 is 0. The summed E-state index contributed by atoms with van der Waals surface area (Å²) in [5.74, 6) is -0.170. The van der Waals surface area contributed by atoms with E-state index in [2.05, 4.69) is 31.3 Å². The van der Waals surface area contributed by atoms with Gasteiger partial charge in [0.15, 0.2) is 6.29 Å². The highest BCUT2D eigenvalue weighted by Crippen LogP contribution is 2.23. The lowest BCUT2D eigenvalue weighted by Gasteiger charge is -2.40. The maximum absolute atomic E-state index is 13.1. The van der Waals surface area contributed by atoms with Gasteiger partial charge in [-0.2, -0.15) is 0 Å². The molecular weight excluding hydrogens is 959 g/mol. The second-order valence-corrected chi connectivity index (χ2v) is 24.0. The molecule has 1 aliphatic rings. The molecule has 1 fully saturated rings. The first-order valence-corrected chi connectivity index (χ1v) is 34.1. The first-order valence-electron chi connectivity index (χ1n) is 34.1. The van der Waals surface area contributed by atoms with E-state index < -0.39 is 49.5 Å². The van der Waals surface area contributed by atoms with Gasteiger partial charge >= 0.3 is 0 Å². The van der Waals surface area contributed by atoms with E-state index in [9.17, 15) is 30.3 Å². The molecule has 7 unspecified atom stereocenters. The molecule has 0 aromatic rings. The third-order valence-electron chi connectivity index (χ3n) is 16.5. The van der Waals surface area contributed by atoms with Crippen molar-refractivity contribution in [3.63, 3.8) is 0 Å². The Kier molecular flexibility index (Phi) is 55.4. The Balaban J connectivity index is 2.14. The average molecular weight is 1090 g/mol. The predicted octanol–water partition coefficient (Wildman–Crippen LogP) is 18.1. The summed E-state index contributed by atoms with van der Waals surface area (Å²) < 4.78 is 11.3. The third kappa shape index (κ3) is 46.9. The van der Waals surface area contributed by atoms with Gasteiger partial charge in [0, 0.05) is 6.42 Å². The molecule has 9 nitrogen and oxygen atoms in total. The van der Waals surface area contributed by atoms with E-state index in [-0.39, 0.29) is 12.5 Å². The molecule has 1 heterocycles. The fraction of sp³-hybridized carbons (Fsp3) is 0.926. The van der Waals surface area contributed by atoms with Crippen LogP contribution < -0.4 is 5.32 Å². The van der Waals surface area contributed by atoms with Crippen molar-refractivity contribution in [2.24, 2.45) is 0 Å². The number of carbonyl (C=O) groups excluding carboxylic acids is 1. The van der Waals surface area contributed by atoms with Crippen LogP contribution in [-0.2, 0) is 14.3 Å². The van der Waals surface area contributed by atoms with Gasteiger partial charge in [0.2, 0.25) is 5.91 Å². The number of hydrogen-bond donors (Lipinski definition) is 6. The van der Waals surface area contributed by atoms with Crippen LogP contribution in [0, 0.1) is 0 Å². The van der Waals surface area contributed by atoms with Crippen LogP contribution in [0.2, 0.25) is 0 Å². The van der Waals surface area contributed by atoms with Crippen LogP contribution in [0.3, 0.4) is 0 Å². The molecule has 0 radical (unpaired) electrons. The topological polar surface area (TPSA) is 149 Å². The Bertz CT molecular complexity index is 1260. The number of ether oxygens (including phenoxy) is 2. The van der Waals surface area contributed by atoms with Gasteiger partial charge in [-0.05, 0) is 44.9 Å². The molecule has 77 heavy (non-hydrogen) atoms. The molecule has 0 bridgehead atoms. The van der Waals surface area contributed by atoms with Crippen LogP contribution in [0.5, 0.6) is 0 Å². The Morgan fingerprint density at radius 1 is 0.429 bits per heavy atom. The summed E-state index contributed by atoms with van der Waals surface area (Å²) in [4.78, 5) is 13.1. The van der Waals surface area contributed by atoms with Crippen molar-refractivity contribution in [2.45, 2.75) is 391 Å². The molecule has 1 saturated heterocycles. The zero-order valence-corrected chi connectivity index (χ0v) is 51.0. The summed E-state index contributed by atoms with van der Waals surface area (Å²) in [5.41, 5.74) is 0. The molecule has 1 amide bonds. The van der Waals surface area contributed by atoms with Crippen LogP contribution in [-0.4, -0.2) is 87.5 Å². The molecule has 7 atom stereocenters. The summed E-state index contributed by atoms with van der Waals surface area (Å²) in [5, 5.41) is 54.7. The fourth-order valence-electron chi connectivity index (χ4n) is 11.2. The highest BCUT2D eigenvalue weighted by Gasteiger charge is 2.44. The standard InChI is InChI=1S/C68H131NO8/c1-3-5-7-9-11-13-15-17-19-21-23-25-27-29-30-31-32-33-34-36-38-40-42-44-46-48-50-52-54-56-58-64(72)69-61(60-76-68-67(75)66(74)65(73)63(59-70)77-68)62(71)57-55-53-51-49-47-45-43-41-39-37-35-28-26-24-22-20-18-16-14-12-10-8-6-4-2/h29-30,55,57,61-63,65-68,70-71,73-75H,3-28,31-54,56,58-60H2,1-2H3,(H,69,72)/b30-29-,57-55+. The van der Waals surface area contributed by atoms with E-state index >= 15 is 0 Å². The molecule has 456 valence electrons. The molecule has 0 aliphatic carbocycles. The van der Waals surface area contributed by atoms with Crippen molar-refractivity contribution in [1.29, 1.82) is 0 Å². The van der Waals surface area contributed by atoms with Crippen molar-refractivity contribution in [1.82, 2.24) is 5.32 Å². The van der Waals surface area contributed by atoms with Crippen LogP contribution in [0.4, 0.5) is 0 Å². The van der Waals surface area contributed by atoms with Crippen LogP contribution >= 0.6 is 0 Å². The molecule has 1 rings (SSSR count). The van der Waals surface area contributed by atoms with E-state index in [4.69, 9.17) is 9.47 Å². The van der Waals surface area contributed by atoms with Crippen molar-refractivity contribution < 1.29 is 39.8 Å². The quantitative estimate of drug-likeness (QED) is 0.0261. The smallest absolute Gasteiger partial charge is 0.220 e. The first kappa shape index (κ1) is 73.7. The molecule has 9 heteroatoms. The minimum absolute atomic E-state index is 0.170. The maximum atomic E-state index is 13.1.